The molecule has 0 aromatic heterocycles. The van der Waals surface area contributed by atoms with Crippen LogP contribution in [0.5, 0.6) is 5.75 Å². The number of fused-ring (bicyclic) bond motifs is 3. The van der Waals surface area contributed by atoms with Gasteiger partial charge in [-0.05, 0) is 32.7 Å². The van der Waals surface area contributed by atoms with Crippen LogP contribution in [-0.2, 0) is 0 Å². The predicted octanol–water partition coefficient (Wildman–Crippen LogP) is 5.75. The molecular weight excluding hydrogens is 343 g/mol. The summed E-state index contributed by atoms with van der Waals surface area (Å²) >= 11 is 3.71. The smallest absolute Gasteiger partial charge is 0.189 e. The molecular formula is C18H12BrOP. The van der Waals surface area contributed by atoms with E-state index in [0.29, 0.717) is 0 Å². The molecule has 0 radical (unpaired) electrons. The average molecular weight is 355 g/mol. The Morgan fingerprint density at radius 1 is 0.667 bits per heavy atom. The predicted molar refractivity (Wildman–Crippen MR) is 93.4 cm³/mol. The minimum absolute atomic E-state index is 0.788. The summed E-state index contributed by atoms with van der Waals surface area (Å²) in [5.74, 6) is 0.977. The van der Waals surface area contributed by atoms with E-state index in [2.05, 4.69) is 82.2 Å². The first-order chi connectivity index (χ1) is 10.3. The van der Waals surface area contributed by atoms with Crippen LogP contribution >= 0.6 is 22.3 Å². The Bertz CT molecular complexity index is 787. The Morgan fingerprint density at radius 2 is 1.33 bits per heavy atom. The average Bonchev–Trinajstić information content (AvgIpc) is 2.56. The van der Waals surface area contributed by atoms with Gasteiger partial charge < -0.3 is 4.52 Å². The molecule has 0 N–H and O–H groups in total. The van der Waals surface area contributed by atoms with E-state index in [1.807, 2.05) is 6.07 Å². The van der Waals surface area contributed by atoms with Crippen LogP contribution in [-0.4, -0.2) is 0 Å². The van der Waals surface area contributed by atoms with Crippen molar-refractivity contribution in [3.63, 3.8) is 0 Å². The minimum atomic E-state index is -0.788. The third-order valence-electron chi connectivity index (χ3n) is 3.65. The molecule has 3 aromatic carbocycles. The van der Waals surface area contributed by atoms with Crippen molar-refractivity contribution >= 4 is 27.6 Å². The fraction of sp³-hybridized carbons (Fsp3) is 0. The summed E-state index contributed by atoms with van der Waals surface area (Å²) in [5, 5.41) is 1.24. The van der Waals surface area contributed by atoms with Gasteiger partial charge in [0.2, 0.25) is 0 Å². The van der Waals surface area contributed by atoms with Gasteiger partial charge in [-0.25, -0.2) is 0 Å². The monoisotopic (exact) mass is 354 g/mol. The van der Waals surface area contributed by atoms with E-state index in [1.165, 1.54) is 22.0 Å². The Kier molecular flexibility index (Phi) is 3.29. The minimum Gasteiger partial charge on any atom is -0.456 e. The number of hydrogen-bond donors (Lipinski definition) is 0. The maximum atomic E-state index is 6.23. The highest BCUT2D eigenvalue weighted by atomic mass is 79.9. The zero-order chi connectivity index (χ0) is 14.2. The van der Waals surface area contributed by atoms with Crippen molar-refractivity contribution in [2.24, 2.45) is 0 Å². The van der Waals surface area contributed by atoms with E-state index in [-0.39, 0.29) is 0 Å². The maximum Gasteiger partial charge on any atom is 0.189 e. The van der Waals surface area contributed by atoms with Gasteiger partial charge in [-0.1, -0.05) is 66.7 Å². The molecule has 0 amide bonds. The Labute approximate surface area is 133 Å². The second-order valence-corrected chi connectivity index (χ2v) is 7.99. The quantitative estimate of drug-likeness (QED) is 0.506. The van der Waals surface area contributed by atoms with Crippen molar-refractivity contribution in [2.75, 3.05) is 0 Å². The molecule has 0 bridgehead atoms. The van der Waals surface area contributed by atoms with Crippen molar-refractivity contribution in [1.82, 2.24) is 0 Å². The molecule has 1 nitrogen and oxygen atoms in total. The number of benzene rings is 3. The molecule has 1 heterocycles. The van der Waals surface area contributed by atoms with Crippen LogP contribution in [0, 0.1) is 0 Å². The van der Waals surface area contributed by atoms with Gasteiger partial charge in [0.1, 0.15) is 5.75 Å². The summed E-state index contributed by atoms with van der Waals surface area (Å²) in [6.45, 7) is -0.788. The van der Waals surface area contributed by atoms with Crippen LogP contribution in [0.2, 0.25) is 0 Å². The van der Waals surface area contributed by atoms with Gasteiger partial charge in [0, 0.05) is 16.4 Å². The van der Waals surface area contributed by atoms with Crippen molar-refractivity contribution in [2.45, 2.75) is 0 Å². The summed E-state index contributed by atoms with van der Waals surface area (Å²) in [6.07, 6.45) is 0. The molecule has 3 heteroatoms. The van der Waals surface area contributed by atoms with E-state index in [4.69, 9.17) is 4.52 Å². The first kappa shape index (κ1) is 13.1. The summed E-state index contributed by atoms with van der Waals surface area (Å²) < 4.78 is 6.23. The van der Waals surface area contributed by atoms with Crippen molar-refractivity contribution < 1.29 is 4.52 Å². The highest BCUT2D eigenvalue weighted by Crippen LogP contribution is 2.55. The second-order valence-electron chi connectivity index (χ2n) is 4.90. The number of hydrogen-bond acceptors (Lipinski definition) is 1. The SMILES string of the molecule is BrP1Oc2c(-c3ccccc3)cccc2-c2ccccc21. The molecule has 0 fully saturated rings. The van der Waals surface area contributed by atoms with Gasteiger partial charge in [-0.2, -0.15) is 0 Å². The zero-order valence-electron chi connectivity index (χ0n) is 11.2. The van der Waals surface area contributed by atoms with Crippen molar-refractivity contribution in [3.8, 4) is 28.0 Å². The Balaban J connectivity index is 1.97. The lowest BCUT2D eigenvalue weighted by Crippen LogP contribution is -2.11. The summed E-state index contributed by atoms with van der Waals surface area (Å²) in [4.78, 5) is 0. The molecule has 1 aliphatic rings. The van der Waals surface area contributed by atoms with Crippen LogP contribution in [0.3, 0.4) is 0 Å². The van der Waals surface area contributed by atoms with Gasteiger partial charge in [-0.3, -0.25) is 0 Å². The lowest BCUT2D eigenvalue weighted by Gasteiger charge is -2.26. The largest absolute Gasteiger partial charge is 0.456 e. The molecule has 0 spiro atoms. The Morgan fingerprint density at radius 3 is 2.19 bits per heavy atom. The lowest BCUT2D eigenvalue weighted by atomic mass is 9.97. The molecule has 21 heavy (non-hydrogen) atoms. The van der Waals surface area contributed by atoms with Gasteiger partial charge in [0.15, 0.2) is 6.85 Å². The van der Waals surface area contributed by atoms with Crippen LogP contribution in [0.1, 0.15) is 0 Å². The summed E-state index contributed by atoms with van der Waals surface area (Å²) in [7, 11) is 0. The third-order valence-corrected chi connectivity index (χ3v) is 6.35. The number of rotatable bonds is 1. The van der Waals surface area contributed by atoms with E-state index < -0.39 is 6.85 Å². The van der Waals surface area contributed by atoms with Gasteiger partial charge in [0.05, 0.1) is 0 Å². The van der Waals surface area contributed by atoms with Crippen LogP contribution < -0.4 is 9.83 Å². The molecule has 3 aromatic rings. The van der Waals surface area contributed by atoms with Crippen LogP contribution in [0.25, 0.3) is 22.3 Å². The normalized spacial score (nSPS) is 15.8. The summed E-state index contributed by atoms with van der Waals surface area (Å²) in [5.41, 5.74) is 4.77. The topological polar surface area (TPSA) is 9.23 Å². The maximum absolute atomic E-state index is 6.23. The first-order valence-electron chi connectivity index (χ1n) is 6.76. The van der Waals surface area contributed by atoms with E-state index in [9.17, 15) is 0 Å². The molecule has 102 valence electrons. The van der Waals surface area contributed by atoms with E-state index in [1.54, 1.807) is 0 Å². The zero-order valence-corrected chi connectivity index (χ0v) is 13.6. The molecule has 1 atom stereocenters. The highest BCUT2D eigenvalue weighted by Gasteiger charge is 2.26. The Hall–Kier alpha value is -1.63. The van der Waals surface area contributed by atoms with Crippen LogP contribution in [0.4, 0.5) is 0 Å². The fourth-order valence-corrected chi connectivity index (χ4v) is 5.08. The van der Waals surface area contributed by atoms with Gasteiger partial charge in [-0.15, -0.1) is 0 Å². The molecule has 1 aliphatic heterocycles. The number of para-hydroxylation sites is 1. The molecule has 4 rings (SSSR count). The molecule has 1 unspecified atom stereocenters. The first-order valence-corrected chi connectivity index (χ1v) is 10.0. The lowest BCUT2D eigenvalue weighted by molar-refractivity contribution is 0.637. The van der Waals surface area contributed by atoms with Crippen LogP contribution in [0.15, 0.2) is 72.8 Å². The van der Waals surface area contributed by atoms with Crippen molar-refractivity contribution in [1.29, 1.82) is 0 Å². The third kappa shape index (κ3) is 2.19. The van der Waals surface area contributed by atoms with E-state index >= 15 is 0 Å². The van der Waals surface area contributed by atoms with Gasteiger partial charge >= 0.3 is 0 Å². The van der Waals surface area contributed by atoms with Crippen molar-refractivity contribution in [3.05, 3.63) is 72.8 Å². The second kappa shape index (κ2) is 5.29. The fourth-order valence-electron chi connectivity index (χ4n) is 2.68. The standard InChI is InChI=1S/C18H12BrOP/c19-21-17-12-5-4-9-15(17)16-11-6-10-14(18(16)20-21)13-7-2-1-3-8-13/h1-12H. The van der Waals surface area contributed by atoms with E-state index in [0.717, 1.165) is 11.3 Å². The summed E-state index contributed by atoms with van der Waals surface area (Å²) in [6, 6.07) is 25.2. The molecule has 0 saturated heterocycles. The number of halogens is 1. The molecule has 0 aliphatic carbocycles. The molecule has 0 saturated carbocycles. The van der Waals surface area contributed by atoms with Gasteiger partial charge in [0.25, 0.3) is 0 Å². The highest BCUT2D eigenvalue weighted by molar-refractivity contribution is 9.39.